The summed E-state index contributed by atoms with van der Waals surface area (Å²) >= 11 is 5.91. The van der Waals surface area contributed by atoms with E-state index in [-0.39, 0.29) is 28.9 Å². The standard InChI is InChI=1S/C30H26ClN5O5S/c1-40-23-15-22(16-24(18-23)41-2)33-29-30(35-27-9-4-3-8-26(27)34-29)36-42(38,39)25-7-5-6-21(17-25)32-28(37)14-19-10-12-20(31)13-11-19/h3-13,15-18H,14H2,1-2H3,(H,32,37)(H,33,34)(H,35,36). The first-order valence-corrected chi connectivity index (χ1v) is 14.5. The van der Waals surface area contributed by atoms with Crippen molar-refractivity contribution in [2.45, 2.75) is 11.3 Å². The lowest BCUT2D eigenvalue weighted by Crippen LogP contribution is -2.17. The van der Waals surface area contributed by atoms with Crippen molar-refractivity contribution in [2.24, 2.45) is 0 Å². The molecule has 0 fully saturated rings. The first-order chi connectivity index (χ1) is 20.2. The Hall–Kier alpha value is -4.87. The number of anilines is 4. The number of benzene rings is 4. The Bertz CT molecular complexity index is 1840. The Morgan fingerprint density at radius 2 is 1.43 bits per heavy atom. The fourth-order valence-electron chi connectivity index (χ4n) is 4.09. The largest absolute Gasteiger partial charge is 0.497 e. The van der Waals surface area contributed by atoms with Crippen molar-refractivity contribution in [3.8, 4) is 11.5 Å². The maximum atomic E-state index is 13.5. The molecule has 1 heterocycles. The molecule has 42 heavy (non-hydrogen) atoms. The summed E-state index contributed by atoms with van der Waals surface area (Å²) in [6, 6.07) is 25.1. The van der Waals surface area contributed by atoms with Crippen LogP contribution in [0.4, 0.5) is 23.0 Å². The van der Waals surface area contributed by atoms with Crippen LogP contribution in [0.3, 0.4) is 0 Å². The molecule has 0 aliphatic heterocycles. The number of sulfonamides is 1. The topological polar surface area (TPSA) is 132 Å². The summed E-state index contributed by atoms with van der Waals surface area (Å²) in [5.41, 5.74) is 2.69. The van der Waals surface area contributed by atoms with Crippen LogP contribution in [0.15, 0.2) is 95.9 Å². The van der Waals surface area contributed by atoms with E-state index in [0.717, 1.165) is 5.56 Å². The number of nitrogens with zero attached hydrogens (tertiary/aromatic N) is 2. The third kappa shape index (κ3) is 6.88. The van der Waals surface area contributed by atoms with E-state index >= 15 is 0 Å². The number of hydrogen-bond donors (Lipinski definition) is 3. The minimum Gasteiger partial charge on any atom is -0.497 e. The Kier molecular flexibility index (Phi) is 8.41. The molecule has 12 heteroatoms. The Morgan fingerprint density at radius 3 is 2.07 bits per heavy atom. The Morgan fingerprint density at radius 1 is 0.786 bits per heavy atom. The molecule has 0 atom stereocenters. The maximum absolute atomic E-state index is 13.5. The Labute approximate surface area is 247 Å². The number of halogens is 1. The minimum absolute atomic E-state index is 0.0207. The molecule has 0 bridgehead atoms. The van der Waals surface area contributed by atoms with Crippen molar-refractivity contribution < 1.29 is 22.7 Å². The number of aromatic nitrogens is 2. The zero-order valence-electron chi connectivity index (χ0n) is 22.6. The van der Waals surface area contributed by atoms with Gasteiger partial charge in [-0.25, -0.2) is 18.4 Å². The third-order valence-electron chi connectivity index (χ3n) is 6.12. The van der Waals surface area contributed by atoms with Crippen molar-refractivity contribution in [3.63, 3.8) is 0 Å². The number of carbonyl (C=O) groups excluding carboxylic acids is 1. The summed E-state index contributed by atoms with van der Waals surface area (Å²) in [7, 11) is -1.09. The fourth-order valence-corrected chi connectivity index (χ4v) is 5.28. The van der Waals surface area contributed by atoms with Crippen LogP contribution in [0.5, 0.6) is 11.5 Å². The lowest BCUT2D eigenvalue weighted by Gasteiger charge is -2.15. The number of rotatable bonds is 10. The van der Waals surface area contributed by atoms with E-state index in [2.05, 4.69) is 25.3 Å². The average Bonchev–Trinajstić information content (AvgIpc) is 2.98. The van der Waals surface area contributed by atoms with Crippen LogP contribution in [-0.4, -0.2) is 38.5 Å². The van der Waals surface area contributed by atoms with Gasteiger partial charge in [-0.05, 0) is 48.0 Å². The van der Waals surface area contributed by atoms with Gasteiger partial charge in [-0.3, -0.25) is 9.52 Å². The van der Waals surface area contributed by atoms with E-state index < -0.39 is 10.0 Å². The van der Waals surface area contributed by atoms with Crippen LogP contribution < -0.4 is 24.8 Å². The predicted molar refractivity (Wildman–Crippen MR) is 163 cm³/mol. The minimum atomic E-state index is -4.15. The van der Waals surface area contributed by atoms with Crippen LogP contribution in [0.1, 0.15) is 5.56 Å². The summed E-state index contributed by atoms with van der Waals surface area (Å²) in [5, 5.41) is 6.44. The molecule has 0 unspecified atom stereocenters. The van der Waals surface area contributed by atoms with E-state index in [9.17, 15) is 13.2 Å². The van der Waals surface area contributed by atoms with Gasteiger partial charge in [0, 0.05) is 34.6 Å². The molecule has 0 aliphatic rings. The van der Waals surface area contributed by atoms with Crippen LogP contribution in [-0.2, 0) is 21.2 Å². The SMILES string of the molecule is COc1cc(Nc2nc3ccccc3nc2NS(=O)(=O)c2cccc(NC(=O)Cc3ccc(Cl)cc3)c2)cc(OC)c1. The smallest absolute Gasteiger partial charge is 0.263 e. The van der Waals surface area contributed by atoms with E-state index in [1.807, 2.05) is 6.07 Å². The van der Waals surface area contributed by atoms with E-state index in [1.165, 1.54) is 26.4 Å². The van der Waals surface area contributed by atoms with Gasteiger partial charge in [0.05, 0.1) is 36.6 Å². The van der Waals surface area contributed by atoms with Gasteiger partial charge in [-0.1, -0.05) is 41.9 Å². The molecule has 5 aromatic rings. The van der Waals surface area contributed by atoms with Crippen molar-refractivity contribution in [1.82, 2.24) is 9.97 Å². The van der Waals surface area contributed by atoms with E-state index in [1.54, 1.807) is 72.8 Å². The number of fused-ring (bicyclic) bond motifs is 1. The Balaban J connectivity index is 1.42. The molecular formula is C30H26ClN5O5S. The molecule has 1 aromatic heterocycles. The number of nitrogens with one attached hydrogen (secondary N) is 3. The number of hydrogen-bond acceptors (Lipinski definition) is 8. The molecule has 0 radical (unpaired) electrons. The first kappa shape index (κ1) is 28.7. The number of amides is 1. The molecule has 0 saturated carbocycles. The van der Waals surface area contributed by atoms with Crippen molar-refractivity contribution in [2.75, 3.05) is 29.6 Å². The number of methoxy groups -OCH3 is 2. The van der Waals surface area contributed by atoms with Gasteiger partial charge >= 0.3 is 0 Å². The summed E-state index contributed by atoms with van der Waals surface area (Å²) in [5.74, 6) is 0.901. The molecule has 4 aromatic carbocycles. The molecule has 0 saturated heterocycles. The molecule has 3 N–H and O–H groups in total. The summed E-state index contributed by atoms with van der Waals surface area (Å²) in [6.45, 7) is 0. The van der Waals surface area contributed by atoms with Gasteiger partial charge < -0.3 is 20.1 Å². The first-order valence-electron chi connectivity index (χ1n) is 12.7. The lowest BCUT2D eigenvalue weighted by molar-refractivity contribution is -0.115. The highest BCUT2D eigenvalue weighted by Crippen LogP contribution is 2.31. The average molecular weight is 604 g/mol. The fraction of sp³-hybridized carbons (Fsp3) is 0.100. The maximum Gasteiger partial charge on any atom is 0.263 e. The van der Waals surface area contributed by atoms with Crippen molar-refractivity contribution >= 4 is 61.6 Å². The van der Waals surface area contributed by atoms with Crippen molar-refractivity contribution in [1.29, 1.82) is 0 Å². The summed E-state index contributed by atoms with van der Waals surface area (Å²) < 4.78 is 40.3. The van der Waals surface area contributed by atoms with E-state index in [0.29, 0.717) is 38.9 Å². The van der Waals surface area contributed by atoms with Gasteiger partial charge in [0.15, 0.2) is 11.6 Å². The zero-order valence-corrected chi connectivity index (χ0v) is 24.2. The molecule has 214 valence electrons. The lowest BCUT2D eigenvalue weighted by atomic mass is 10.1. The second-order valence-electron chi connectivity index (χ2n) is 9.12. The normalized spacial score (nSPS) is 11.1. The van der Waals surface area contributed by atoms with Gasteiger partial charge in [-0.2, -0.15) is 0 Å². The number of ether oxygens (including phenoxy) is 2. The molecule has 1 amide bonds. The highest BCUT2D eigenvalue weighted by molar-refractivity contribution is 7.92. The highest BCUT2D eigenvalue weighted by atomic mass is 35.5. The summed E-state index contributed by atoms with van der Waals surface area (Å²) in [6.07, 6.45) is 0.100. The quantitative estimate of drug-likeness (QED) is 0.176. The molecule has 10 nitrogen and oxygen atoms in total. The van der Waals surface area contributed by atoms with Gasteiger partial charge in [0.2, 0.25) is 5.91 Å². The monoisotopic (exact) mass is 603 g/mol. The van der Waals surface area contributed by atoms with Crippen LogP contribution in [0.25, 0.3) is 11.0 Å². The van der Waals surface area contributed by atoms with Crippen LogP contribution in [0, 0.1) is 0 Å². The number of para-hydroxylation sites is 2. The zero-order chi connectivity index (χ0) is 29.7. The number of carbonyl (C=O) groups is 1. The van der Waals surface area contributed by atoms with Crippen molar-refractivity contribution in [3.05, 3.63) is 102 Å². The molecule has 0 spiro atoms. The van der Waals surface area contributed by atoms with Gasteiger partial charge in [0.25, 0.3) is 10.0 Å². The van der Waals surface area contributed by atoms with Crippen LogP contribution >= 0.6 is 11.6 Å². The third-order valence-corrected chi connectivity index (χ3v) is 7.71. The van der Waals surface area contributed by atoms with Gasteiger partial charge in [-0.15, -0.1) is 0 Å². The molecular weight excluding hydrogens is 578 g/mol. The highest BCUT2D eigenvalue weighted by Gasteiger charge is 2.20. The van der Waals surface area contributed by atoms with Gasteiger partial charge in [0.1, 0.15) is 11.5 Å². The molecule has 0 aliphatic carbocycles. The van der Waals surface area contributed by atoms with E-state index in [4.69, 9.17) is 21.1 Å². The second kappa shape index (κ2) is 12.3. The van der Waals surface area contributed by atoms with Crippen LogP contribution in [0.2, 0.25) is 5.02 Å². The summed E-state index contributed by atoms with van der Waals surface area (Å²) in [4.78, 5) is 21.7. The second-order valence-corrected chi connectivity index (χ2v) is 11.2. The predicted octanol–water partition coefficient (Wildman–Crippen LogP) is 6.03. The molecule has 5 rings (SSSR count).